The average molecular weight is 441 g/mol. The van der Waals surface area contributed by atoms with Gasteiger partial charge in [0.05, 0.1) is 0 Å². The Morgan fingerprint density at radius 3 is 2.58 bits per heavy atom. The SMILES string of the molecule is O=C(OCc1ccccc1)c1nc(-n2ccc3cccnc3c2=O)c(-c2ccc(F)cc2)o1. The number of ether oxygens (including phenoxy) is 1. The van der Waals surface area contributed by atoms with Gasteiger partial charge in [-0.3, -0.25) is 14.3 Å². The number of hydrogen-bond donors (Lipinski definition) is 0. The van der Waals surface area contributed by atoms with E-state index in [1.54, 1.807) is 18.2 Å². The molecule has 5 rings (SSSR count). The van der Waals surface area contributed by atoms with Gasteiger partial charge in [0.15, 0.2) is 11.6 Å². The van der Waals surface area contributed by atoms with E-state index in [0.717, 1.165) is 5.56 Å². The zero-order valence-corrected chi connectivity index (χ0v) is 17.1. The molecule has 8 heteroatoms. The molecule has 0 aliphatic carbocycles. The predicted molar refractivity (Wildman–Crippen MR) is 118 cm³/mol. The number of nitrogens with zero attached hydrogens (tertiary/aromatic N) is 3. The summed E-state index contributed by atoms with van der Waals surface area (Å²) in [5.41, 5.74) is 1.04. The highest BCUT2D eigenvalue weighted by atomic mass is 19.1. The number of aromatic nitrogens is 3. The molecule has 3 aromatic heterocycles. The molecule has 0 unspecified atom stereocenters. The fourth-order valence-electron chi connectivity index (χ4n) is 3.37. The molecule has 0 N–H and O–H groups in total. The second-order valence-electron chi connectivity index (χ2n) is 7.17. The van der Waals surface area contributed by atoms with Gasteiger partial charge >= 0.3 is 11.9 Å². The zero-order valence-electron chi connectivity index (χ0n) is 17.1. The van der Waals surface area contributed by atoms with E-state index >= 15 is 0 Å². The second-order valence-corrected chi connectivity index (χ2v) is 7.17. The normalized spacial score (nSPS) is 10.9. The van der Waals surface area contributed by atoms with Crippen molar-refractivity contribution in [3.05, 3.63) is 113 Å². The van der Waals surface area contributed by atoms with Crippen molar-refractivity contribution >= 4 is 16.9 Å². The Balaban J connectivity index is 1.58. The minimum Gasteiger partial charge on any atom is -0.454 e. The molecule has 0 amide bonds. The molecule has 2 aromatic carbocycles. The van der Waals surface area contributed by atoms with Crippen LogP contribution in [0.2, 0.25) is 0 Å². The first-order valence-corrected chi connectivity index (χ1v) is 10.0. The number of fused-ring (bicyclic) bond motifs is 1. The number of carbonyl (C=O) groups excluding carboxylic acids is 1. The van der Waals surface area contributed by atoms with Crippen molar-refractivity contribution in [1.29, 1.82) is 0 Å². The Kier molecular flexibility index (Phi) is 5.24. The van der Waals surface area contributed by atoms with Crippen LogP contribution in [0.15, 0.2) is 94.4 Å². The van der Waals surface area contributed by atoms with E-state index in [9.17, 15) is 14.0 Å². The minimum atomic E-state index is -0.791. The molecule has 0 radical (unpaired) electrons. The van der Waals surface area contributed by atoms with Crippen LogP contribution in [-0.2, 0) is 11.3 Å². The van der Waals surface area contributed by atoms with Crippen LogP contribution in [0.4, 0.5) is 4.39 Å². The maximum Gasteiger partial charge on any atom is 0.395 e. The molecule has 0 bridgehead atoms. The van der Waals surface area contributed by atoms with Gasteiger partial charge in [0, 0.05) is 23.3 Å². The molecular weight excluding hydrogens is 425 g/mol. The van der Waals surface area contributed by atoms with E-state index in [1.807, 2.05) is 30.3 Å². The van der Waals surface area contributed by atoms with Crippen LogP contribution < -0.4 is 5.56 Å². The summed E-state index contributed by atoms with van der Waals surface area (Å²) in [6.07, 6.45) is 3.04. The third-order valence-corrected chi connectivity index (χ3v) is 4.99. The van der Waals surface area contributed by atoms with Gasteiger partial charge in [-0.25, -0.2) is 9.18 Å². The largest absolute Gasteiger partial charge is 0.454 e. The summed E-state index contributed by atoms with van der Waals surface area (Å²) >= 11 is 0. The van der Waals surface area contributed by atoms with Crippen LogP contribution in [0, 0.1) is 5.82 Å². The zero-order chi connectivity index (χ0) is 22.8. The highest BCUT2D eigenvalue weighted by Gasteiger charge is 2.24. The summed E-state index contributed by atoms with van der Waals surface area (Å²) in [5.74, 6) is -1.35. The summed E-state index contributed by atoms with van der Waals surface area (Å²) < 4.78 is 25.8. The number of halogens is 1. The first-order chi connectivity index (χ1) is 16.1. The molecule has 5 aromatic rings. The summed E-state index contributed by atoms with van der Waals surface area (Å²) in [7, 11) is 0. The van der Waals surface area contributed by atoms with Crippen molar-refractivity contribution in [2.45, 2.75) is 6.61 Å². The Labute approximate surface area is 186 Å². The van der Waals surface area contributed by atoms with Crippen molar-refractivity contribution in [3.8, 4) is 17.1 Å². The van der Waals surface area contributed by atoms with Crippen molar-refractivity contribution in [3.63, 3.8) is 0 Å². The van der Waals surface area contributed by atoms with Crippen LogP contribution >= 0.6 is 0 Å². The van der Waals surface area contributed by atoms with Crippen LogP contribution in [0.3, 0.4) is 0 Å². The molecule has 0 aliphatic rings. The van der Waals surface area contributed by atoms with Crippen LogP contribution in [0.5, 0.6) is 0 Å². The Hall–Kier alpha value is -4.59. The van der Waals surface area contributed by atoms with Gasteiger partial charge in [-0.05, 0) is 42.0 Å². The lowest BCUT2D eigenvalue weighted by molar-refractivity contribution is 0.0428. The Bertz CT molecular complexity index is 1510. The van der Waals surface area contributed by atoms with Crippen molar-refractivity contribution in [2.24, 2.45) is 0 Å². The quantitative estimate of drug-likeness (QED) is 0.372. The monoisotopic (exact) mass is 441 g/mol. The number of oxazole rings is 1. The molecule has 0 fully saturated rings. The maximum absolute atomic E-state index is 13.5. The standard InChI is InChI=1S/C25H16FN3O4/c26-19-10-8-18(9-11-19)21-22(29-14-12-17-7-4-13-27-20(17)24(29)30)28-23(33-21)25(31)32-15-16-5-2-1-3-6-16/h1-14H,15H2. The number of carbonyl (C=O) groups is 1. The number of hydrogen-bond acceptors (Lipinski definition) is 6. The van der Waals surface area contributed by atoms with Gasteiger partial charge in [-0.15, -0.1) is 0 Å². The summed E-state index contributed by atoms with van der Waals surface area (Å²) in [5, 5.41) is 0.660. The van der Waals surface area contributed by atoms with Gasteiger partial charge in [0.1, 0.15) is 17.9 Å². The molecular formula is C25H16FN3O4. The van der Waals surface area contributed by atoms with Crippen LogP contribution in [0.1, 0.15) is 16.2 Å². The first kappa shape index (κ1) is 20.3. The molecule has 33 heavy (non-hydrogen) atoms. The van der Waals surface area contributed by atoms with Gasteiger partial charge < -0.3 is 9.15 Å². The molecule has 0 saturated heterocycles. The van der Waals surface area contributed by atoms with Crippen molar-refractivity contribution in [2.75, 3.05) is 0 Å². The molecule has 0 aliphatic heterocycles. The molecule has 3 heterocycles. The molecule has 162 valence electrons. The van der Waals surface area contributed by atoms with Gasteiger partial charge in [0.25, 0.3) is 5.56 Å². The van der Waals surface area contributed by atoms with E-state index in [0.29, 0.717) is 10.9 Å². The molecule has 0 saturated carbocycles. The number of rotatable bonds is 5. The predicted octanol–water partition coefficient (Wildman–Crippen LogP) is 4.54. The fraction of sp³-hybridized carbons (Fsp3) is 0.0400. The van der Waals surface area contributed by atoms with E-state index in [2.05, 4.69) is 9.97 Å². The summed E-state index contributed by atoms with van der Waals surface area (Å²) in [6.45, 7) is 0.0309. The molecule has 7 nitrogen and oxygen atoms in total. The maximum atomic E-state index is 13.5. The second kappa shape index (κ2) is 8.51. The van der Waals surface area contributed by atoms with Gasteiger partial charge in [-0.2, -0.15) is 4.98 Å². The van der Waals surface area contributed by atoms with E-state index < -0.39 is 17.3 Å². The van der Waals surface area contributed by atoms with Crippen molar-refractivity contribution < 1.29 is 18.3 Å². The fourth-order valence-corrected chi connectivity index (χ4v) is 3.37. The lowest BCUT2D eigenvalue weighted by Crippen LogP contribution is -2.19. The third kappa shape index (κ3) is 4.01. The number of benzene rings is 2. The van der Waals surface area contributed by atoms with Crippen LogP contribution in [0.25, 0.3) is 28.0 Å². The number of esters is 1. The lowest BCUT2D eigenvalue weighted by Gasteiger charge is -2.05. The summed E-state index contributed by atoms with van der Waals surface area (Å²) in [4.78, 5) is 34.2. The highest BCUT2D eigenvalue weighted by Crippen LogP contribution is 2.28. The average Bonchev–Trinajstić information content (AvgIpc) is 3.29. The topological polar surface area (TPSA) is 87.2 Å². The lowest BCUT2D eigenvalue weighted by atomic mass is 10.1. The van der Waals surface area contributed by atoms with Gasteiger partial charge in [0.2, 0.25) is 0 Å². The van der Waals surface area contributed by atoms with Gasteiger partial charge in [-0.1, -0.05) is 36.4 Å². The van der Waals surface area contributed by atoms with E-state index in [4.69, 9.17) is 9.15 Å². The van der Waals surface area contributed by atoms with Crippen LogP contribution in [-0.4, -0.2) is 20.5 Å². The number of pyridine rings is 2. The third-order valence-electron chi connectivity index (χ3n) is 4.99. The molecule has 0 atom stereocenters. The first-order valence-electron chi connectivity index (χ1n) is 10.0. The Morgan fingerprint density at radius 1 is 1.00 bits per heavy atom. The molecule has 0 spiro atoms. The van der Waals surface area contributed by atoms with E-state index in [-0.39, 0.29) is 29.6 Å². The smallest absolute Gasteiger partial charge is 0.395 e. The highest BCUT2D eigenvalue weighted by molar-refractivity contribution is 5.86. The summed E-state index contributed by atoms with van der Waals surface area (Å²) in [6, 6.07) is 19.8. The Morgan fingerprint density at radius 2 is 1.79 bits per heavy atom. The van der Waals surface area contributed by atoms with Crippen molar-refractivity contribution in [1.82, 2.24) is 14.5 Å². The minimum absolute atomic E-state index is 0.0309. The van der Waals surface area contributed by atoms with E-state index in [1.165, 1.54) is 41.2 Å².